The molecule has 0 aromatic rings. The Morgan fingerprint density at radius 1 is 1.15 bits per heavy atom. The van der Waals surface area contributed by atoms with Crippen molar-refractivity contribution in [2.45, 2.75) is 84.3 Å². The van der Waals surface area contributed by atoms with Gasteiger partial charge in [-0.1, -0.05) is 25.5 Å². The quantitative estimate of drug-likeness (QED) is 0.551. The lowest BCUT2D eigenvalue weighted by molar-refractivity contribution is -0.0666. The van der Waals surface area contributed by atoms with Crippen LogP contribution >= 0.6 is 0 Å². The van der Waals surface area contributed by atoms with Crippen molar-refractivity contribution >= 4 is 10.4 Å². The summed E-state index contributed by atoms with van der Waals surface area (Å²) in [5.74, 6) is 2.40. The van der Waals surface area contributed by atoms with Gasteiger partial charge in [-0.15, -0.1) is 0 Å². The van der Waals surface area contributed by atoms with E-state index in [9.17, 15) is 13.5 Å². The molecule has 3 saturated carbocycles. The first kappa shape index (κ1) is 19.9. The molecule has 0 saturated heterocycles. The maximum Gasteiger partial charge on any atom is 0.397 e. The van der Waals surface area contributed by atoms with Crippen molar-refractivity contribution in [1.29, 1.82) is 0 Å². The van der Waals surface area contributed by atoms with Crippen molar-refractivity contribution in [1.82, 2.24) is 0 Å². The Kier molecular flexibility index (Phi) is 4.81. The summed E-state index contributed by atoms with van der Waals surface area (Å²) in [5.41, 5.74) is 1.70. The second kappa shape index (κ2) is 6.54. The van der Waals surface area contributed by atoms with E-state index in [0.717, 1.165) is 19.3 Å². The highest BCUT2D eigenvalue weighted by Gasteiger charge is 2.59. The Morgan fingerprint density at radius 2 is 1.89 bits per heavy atom. The Hall–Kier alpha value is -0.430. The molecule has 154 valence electrons. The molecule has 0 heterocycles. The van der Waals surface area contributed by atoms with E-state index < -0.39 is 16.5 Å². The number of aliphatic hydroxyl groups excluding tert-OH is 1. The summed E-state index contributed by atoms with van der Waals surface area (Å²) in [6.45, 7) is 6.74. The molecule has 0 amide bonds. The van der Waals surface area contributed by atoms with Gasteiger partial charge >= 0.3 is 10.4 Å². The van der Waals surface area contributed by atoms with Gasteiger partial charge in [-0.3, -0.25) is 4.55 Å². The minimum atomic E-state index is -4.39. The van der Waals surface area contributed by atoms with E-state index in [2.05, 4.69) is 19.9 Å². The predicted octanol–water partition coefficient (Wildman–Crippen LogP) is 4.13. The summed E-state index contributed by atoms with van der Waals surface area (Å²) >= 11 is 0. The molecule has 27 heavy (non-hydrogen) atoms. The summed E-state index contributed by atoms with van der Waals surface area (Å²) in [6, 6.07) is 0. The highest BCUT2D eigenvalue weighted by Crippen LogP contribution is 2.66. The predicted molar refractivity (Wildman–Crippen MR) is 103 cm³/mol. The van der Waals surface area contributed by atoms with Crippen molar-refractivity contribution in [3.05, 3.63) is 11.6 Å². The Morgan fingerprint density at radius 3 is 2.56 bits per heavy atom. The third-order valence-corrected chi connectivity index (χ3v) is 9.49. The molecule has 0 aliphatic heterocycles. The molecule has 4 aliphatic carbocycles. The van der Waals surface area contributed by atoms with Gasteiger partial charge in [-0.2, -0.15) is 8.42 Å². The van der Waals surface area contributed by atoms with Crippen LogP contribution in [-0.2, 0) is 14.6 Å². The van der Waals surface area contributed by atoms with Gasteiger partial charge in [0, 0.05) is 0 Å². The minimum Gasteiger partial charge on any atom is -0.393 e. The zero-order chi connectivity index (χ0) is 19.6. The Labute approximate surface area is 163 Å². The zero-order valence-corrected chi connectivity index (χ0v) is 17.5. The van der Waals surface area contributed by atoms with Crippen LogP contribution in [0, 0.1) is 34.5 Å². The first-order chi connectivity index (χ1) is 12.5. The van der Waals surface area contributed by atoms with Gasteiger partial charge in [0.1, 0.15) is 0 Å². The summed E-state index contributed by atoms with van der Waals surface area (Å²) in [5, 5.41) is 10.3. The molecule has 0 bridgehead atoms. The van der Waals surface area contributed by atoms with Crippen LogP contribution in [0.5, 0.6) is 0 Å². The average molecular weight is 399 g/mol. The molecule has 0 aromatic heterocycles. The smallest absolute Gasteiger partial charge is 0.393 e. The number of hydrogen-bond donors (Lipinski definition) is 2. The number of hydrogen-bond acceptors (Lipinski definition) is 4. The first-order valence-electron chi connectivity index (χ1n) is 10.6. The average Bonchev–Trinajstić information content (AvgIpc) is 2.91. The summed E-state index contributed by atoms with van der Waals surface area (Å²) in [7, 11) is -4.39. The van der Waals surface area contributed by atoms with E-state index in [-0.39, 0.29) is 16.9 Å². The molecule has 4 rings (SSSR count). The topological polar surface area (TPSA) is 83.8 Å². The van der Waals surface area contributed by atoms with Crippen LogP contribution in [0.4, 0.5) is 0 Å². The van der Waals surface area contributed by atoms with E-state index in [1.165, 1.54) is 24.8 Å². The van der Waals surface area contributed by atoms with Crippen LogP contribution in [0.2, 0.25) is 0 Å². The monoisotopic (exact) mass is 398 g/mol. The van der Waals surface area contributed by atoms with Gasteiger partial charge in [-0.25, -0.2) is 4.18 Å². The lowest BCUT2D eigenvalue weighted by atomic mass is 9.47. The van der Waals surface area contributed by atoms with Gasteiger partial charge in [0.2, 0.25) is 0 Å². The molecule has 1 unspecified atom stereocenters. The van der Waals surface area contributed by atoms with Crippen LogP contribution < -0.4 is 0 Å². The van der Waals surface area contributed by atoms with Crippen molar-refractivity contribution in [3.8, 4) is 0 Å². The molecule has 4 aliphatic rings. The second-order valence-corrected chi connectivity index (χ2v) is 11.2. The Balaban J connectivity index is 1.57. The molecule has 2 N–H and O–H groups in total. The third kappa shape index (κ3) is 3.21. The maximum absolute atomic E-state index is 11.1. The molecule has 6 heteroatoms. The normalized spacial score (nSPS) is 48.2. The van der Waals surface area contributed by atoms with Crippen molar-refractivity contribution in [3.63, 3.8) is 0 Å². The van der Waals surface area contributed by atoms with Crippen LogP contribution in [-0.4, -0.2) is 30.3 Å². The Bertz CT molecular complexity index is 729. The molecule has 8 atom stereocenters. The number of fused-ring (bicyclic) bond motifs is 5. The van der Waals surface area contributed by atoms with E-state index in [1.54, 1.807) is 0 Å². The van der Waals surface area contributed by atoms with Gasteiger partial charge in [0.05, 0.1) is 12.2 Å². The second-order valence-electron chi connectivity index (χ2n) is 10.1. The molecule has 5 nitrogen and oxygen atoms in total. The summed E-state index contributed by atoms with van der Waals surface area (Å²) < 4.78 is 36.1. The minimum absolute atomic E-state index is 0.117. The summed E-state index contributed by atoms with van der Waals surface area (Å²) in [6.07, 6.45) is 9.69. The first-order valence-corrected chi connectivity index (χ1v) is 11.9. The van der Waals surface area contributed by atoms with Crippen molar-refractivity contribution in [2.75, 3.05) is 0 Å². The lowest BCUT2D eigenvalue weighted by Crippen LogP contribution is -2.51. The van der Waals surface area contributed by atoms with Gasteiger partial charge < -0.3 is 5.11 Å². The van der Waals surface area contributed by atoms with Gasteiger partial charge in [0.25, 0.3) is 0 Å². The van der Waals surface area contributed by atoms with E-state index >= 15 is 0 Å². The standard InChI is InChI=1S/C21H34O5S/c1-13(22)17-6-7-18-16-5-4-14-12-15(26-27(23,24)25)8-10-20(14,2)19(16)9-11-21(17,18)3/h4,13,15-19,22H,5-12H2,1-3H3,(H,23,24,25)/t13-,15+,16-,17?,18-,19-,20-,21+/m0/s1. The molecule has 0 radical (unpaired) electrons. The fourth-order valence-electron chi connectivity index (χ4n) is 7.71. The third-order valence-electron chi connectivity index (χ3n) is 8.97. The summed E-state index contributed by atoms with van der Waals surface area (Å²) in [4.78, 5) is 0. The van der Waals surface area contributed by atoms with Crippen molar-refractivity contribution < 1.29 is 22.3 Å². The molecular weight excluding hydrogens is 364 g/mol. The largest absolute Gasteiger partial charge is 0.397 e. The highest BCUT2D eigenvalue weighted by molar-refractivity contribution is 7.80. The molecule has 0 spiro atoms. The molecular formula is C21H34O5S. The van der Waals surface area contributed by atoms with Gasteiger partial charge in [-0.05, 0) is 92.8 Å². The van der Waals surface area contributed by atoms with Crippen LogP contribution in [0.1, 0.15) is 72.1 Å². The fraction of sp³-hybridized carbons (Fsp3) is 0.905. The molecule has 3 fully saturated rings. The van der Waals surface area contributed by atoms with Crippen LogP contribution in [0.25, 0.3) is 0 Å². The molecule has 0 aromatic carbocycles. The van der Waals surface area contributed by atoms with E-state index in [1.807, 2.05) is 6.92 Å². The van der Waals surface area contributed by atoms with Crippen LogP contribution in [0.15, 0.2) is 11.6 Å². The zero-order valence-electron chi connectivity index (χ0n) is 16.7. The SMILES string of the molecule is C[C@H](O)C1CC[C@H]2[C@@H]3CC=C4C[C@H](OS(=O)(=O)O)CC[C@]4(C)[C@H]3CC[C@]12C. The number of allylic oxidation sites excluding steroid dienone is 1. The van der Waals surface area contributed by atoms with Crippen molar-refractivity contribution in [2.24, 2.45) is 34.5 Å². The highest BCUT2D eigenvalue weighted by atomic mass is 32.3. The number of aliphatic hydroxyl groups is 1. The number of rotatable bonds is 3. The van der Waals surface area contributed by atoms with Crippen LogP contribution in [0.3, 0.4) is 0 Å². The maximum atomic E-state index is 11.1. The van der Waals surface area contributed by atoms with E-state index in [4.69, 9.17) is 8.74 Å². The van der Waals surface area contributed by atoms with E-state index in [0.29, 0.717) is 36.5 Å². The lowest BCUT2D eigenvalue weighted by Gasteiger charge is -2.58. The van der Waals surface area contributed by atoms with Gasteiger partial charge in [0.15, 0.2) is 0 Å². The fourth-order valence-corrected chi connectivity index (χ4v) is 8.22.